The number of ether oxygens (including phenoxy) is 1. The van der Waals surface area contributed by atoms with Gasteiger partial charge in [-0.3, -0.25) is 19.7 Å². The number of hydrogen-bond acceptors (Lipinski definition) is 5. The lowest BCUT2D eigenvalue weighted by molar-refractivity contribution is -0.385. The van der Waals surface area contributed by atoms with Crippen molar-refractivity contribution in [3.05, 3.63) is 46.0 Å². The molecule has 0 aromatic heterocycles. The minimum Gasteiger partial charge on any atom is -0.459 e. The van der Waals surface area contributed by atoms with Crippen LogP contribution in [0.2, 0.25) is 0 Å². The zero-order chi connectivity index (χ0) is 16.8. The van der Waals surface area contributed by atoms with Gasteiger partial charge >= 0.3 is 5.97 Å². The quantitative estimate of drug-likeness (QED) is 0.388. The fourth-order valence-electron chi connectivity index (χ4n) is 1.56. The second-order valence-electron chi connectivity index (χ2n) is 5.45. The highest BCUT2D eigenvalue weighted by Gasteiger charge is 2.16. The molecule has 1 rings (SSSR count). The average Bonchev–Trinajstić information content (AvgIpc) is 2.41. The number of nitro benzene ring substituents is 1. The Hall–Kier alpha value is -2.70. The van der Waals surface area contributed by atoms with E-state index >= 15 is 0 Å². The molecule has 0 spiro atoms. The summed E-state index contributed by atoms with van der Waals surface area (Å²) in [6.07, 6.45) is 2.45. The highest BCUT2D eigenvalue weighted by atomic mass is 16.6. The van der Waals surface area contributed by atoms with Crippen LogP contribution in [0.25, 0.3) is 6.08 Å². The molecule has 7 heteroatoms. The number of hydrogen-bond donors (Lipinski definition) is 1. The van der Waals surface area contributed by atoms with Gasteiger partial charge in [-0.2, -0.15) is 0 Å². The summed E-state index contributed by atoms with van der Waals surface area (Å²) in [5.74, 6) is -1.09. The number of nitro groups is 1. The first-order chi connectivity index (χ1) is 10.2. The SMILES string of the molecule is CC(C)(C)OC(=O)CNC(=O)/C=C/c1ccccc1[N+](=O)[O-]. The zero-order valence-corrected chi connectivity index (χ0v) is 12.7. The normalized spacial score (nSPS) is 11.2. The Bertz CT molecular complexity index is 602. The van der Waals surface area contributed by atoms with Crippen LogP contribution in [0.15, 0.2) is 30.3 Å². The number of carbonyl (C=O) groups is 2. The van der Waals surface area contributed by atoms with Crippen molar-refractivity contribution in [2.75, 3.05) is 6.54 Å². The van der Waals surface area contributed by atoms with Crippen LogP contribution in [-0.4, -0.2) is 28.9 Å². The summed E-state index contributed by atoms with van der Waals surface area (Å²) in [5.41, 5.74) is -0.416. The van der Waals surface area contributed by atoms with Crippen LogP contribution in [0.4, 0.5) is 5.69 Å². The predicted octanol–water partition coefficient (Wildman–Crippen LogP) is 2.07. The number of amides is 1. The summed E-state index contributed by atoms with van der Waals surface area (Å²) in [4.78, 5) is 33.3. The molecular weight excluding hydrogens is 288 g/mol. The lowest BCUT2D eigenvalue weighted by Gasteiger charge is -2.19. The van der Waals surface area contributed by atoms with Gasteiger partial charge in [-0.15, -0.1) is 0 Å². The monoisotopic (exact) mass is 306 g/mol. The van der Waals surface area contributed by atoms with Gasteiger partial charge in [0.25, 0.3) is 5.69 Å². The first-order valence-corrected chi connectivity index (χ1v) is 6.60. The second kappa shape index (κ2) is 7.35. The van der Waals surface area contributed by atoms with E-state index in [1.807, 2.05) is 0 Å². The molecule has 0 aliphatic carbocycles. The van der Waals surface area contributed by atoms with Gasteiger partial charge in [-0.25, -0.2) is 0 Å². The van der Waals surface area contributed by atoms with Crippen molar-refractivity contribution in [3.8, 4) is 0 Å². The average molecular weight is 306 g/mol. The van der Waals surface area contributed by atoms with Crippen molar-refractivity contribution in [1.29, 1.82) is 0 Å². The first-order valence-electron chi connectivity index (χ1n) is 6.60. The molecule has 0 bridgehead atoms. The van der Waals surface area contributed by atoms with E-state index < -0.39 is 22.4 Å². The number of para-hydroxylation sites is 1. The number of carbonyl (C=O) groups excluding carboxylic acids is 2. The van der Waals surface area contributed by atoms with Gasteiger partial charge in [0.05, 0.1) is 10.5 Å². The standard InChI is InChI=1S/C15H18N2O5/c1-15(2,3)22-14(19)10-16-13(18)9-8-11-6-4-5-7-12(11)17(20)21/h4-9H,10H2,1-3H3,(H,16,18)/b9-8+. The zero-order valence-electron chi connectivity index (χ0n) is 12.7. The summed E-state index contributed by atoms with van der Waals surface area (Å²) in [7, 11) is 0. The van der Waals surface area contributed by atoms with Crippen molar-refractivity contribution in [3.63, 3.8) is 0 Å². The van der Waals surface area contributed by atoms with Gasteiger partial charge in [-0.05, 0) is 32.9 Å². The van der Waals surface area contributed by atoms with Gasteiger partial charge in [0.2, 0.25) is 5.91 Å². The molecule has 1 aromatic carbocycles. The Balaban J connectivity index is 2.59. The van der Waals surface area contributed by atoms with E-state index in [1.54, 1.807) is 26.8 Å². The highest BCUT2D eigenvalue weighted by molar-refractivity contribution is 5.94. The summed E-state index contributed by atoms with van der Waals surface area (Å²) >= 11 is 0. The molecule has 0 unspecified atom stereocenters. The molecule has 0 radical (unpaired) electrons. The fraction of sp³-hybridized carbons (Fsp3) is 0.333. The first kappa shape index (κ1) is 17.4. The van der Waals surface area contributed by atoms with E-state index in [9.17, 15) is 19.7 Å². The molecule has 1 amide bonds. The van der Waals surface area contributed by atoms with Crippen LogP contribution in [0.5, 0.6) is 0 Å². The third kappa shape index (κ3) is 6.17. The van der Waals surface area contributed by atoms with Crippen LogP contribution in [0, 0.1) is 10.1 Å². The molecule has 0 aliphatic heterocycles. The summed E-state index contributed by atoms with van der Waals surface area (Å²) in [6, 6.07) is 6.04. The lowest BCUT2D eigenvalue weighted by Crippen LogP contribution is -2.33. The Morgan fingerprint density at radius 3 is 2.55 bits per heavy atom. The molecule has 7 nitrogen and oxygen atoms in total. The van der Waals surface area contributed by atoms with E-state index in [0.717, 1.165) is 6.08 Å². The molecule has 118 valence electrons. The van der Waals surface area contributed by atoms with Crippen LogP contribution in [0.1, 0.15) is 26.3 Å². The Morgan fingerprint density at radius 2 is 1.95 bits per heavy atom. The number of nitrogens with one attached hydrogen (secondary N) is 1. The number of nitrogens with zero attached hydrogens (tertiary/aromatic N) is 1. The van der Waals surface area contributed by atoms with Crippen molar-refractivity contribution < 1.29 is 19.2 Å². The van der Waals surface area contributed by atoms with Crippen molar-refractivity contribution in [1.82, 2.24) is 5.32 Å². The lowest BCUT2D eigenvalue weighted by atomic mass is 10.1. The number of esters is 1. The van der Waals surface area contributed by atoms with E-state index in [2.05, 4.69) is 5.32 Å². The summed E-state index contributed by atoms with van der Waals surface area (Å²) < 4.78 is 5.03. The van der Waals surface area contributed by atoms with Crippen LogP contribution in [-0.2, 0) is 14.3 Å². The molecule has 22 heavy (non-hydrogen) atoms. The molecule has 0 fully saturated rings. The topological polar surface area (TPSA) is 98.5 Å². The van der Waals surface area contributed by atoms with E-state index in [-0.39, 0.29) is 12.2 Å². The molecule has 1 aromatic rings. The molecule has 1 N–H and O–H groups in total. The van der Waals surface area contributed by atoms with Gasteiger partial charge in [0.1, 0.15) is 12.1 Å². The Kier molecular flexibility index (Phi) is 5.80. The largest absolute Gasteiger partial charge is 0.459 e. The highest BCUT2D eigenvalue weighted by Crippen LogP contribution is 2.18. The van der Waals surface area contributed by atoms with Crippen molar-refractivity contribution >= 4 is 23.6 Å². The third-order valence-corrected chi connectivity index (χ3v) is 2.37. The maximum atomic E-state index is 11.6. The van der Waals surface area contributed by atoms with Crippen molar-refractivity contribution in [2.24, 2.45) is 0 Å². The molecule has 0 saturated heterocycles. The fourth-order valence-corrected chi connectivity index (χ4v) is 1.56. The molecule has 0 saturated carbocycles. The maximum absolute atomic E-state index is 11.6. The minimum absolute atomic E-state index is 0.0984. The van der Waals surface area contributed by atoms with Crippen molar-refractivity contribution in [2.45, 2.75) is 26.4 Å². The van der Waals surface area contributed by atoms with E-state index in [1.165, 1.54) is 24.3 Å². The van der Waals surface area contributed by atoms with Gasteiger partial charge in [-0.1, -0.05) is 12.1 Å². The molecule has 0 aliphatic rings. The van der Waals surface area contributed by atoms with Crippen LogP contribution in [0.3, 0.4) is 0 Å². The minimum atomic E-state index is -0.623. The van der Waals surface area contributed by atoms with Crippen LogP contribution < -0.4 is 5.32 Å². The van der Waals surface area contributed by atoms with E-state index in [0.29, 0.717) is 5.56 Å². The third-order valence-electron chi connectivity index (χ3n) is 2.37. The molecule has 0 heterocycles. The summed E-state index contributed by atoms with van der Waals surface area (Å²) in [6.45, 7) is 4.90. The smallest absolute Gasteiger partial charge is 0.325 e. The predicted molar refractivity (Wildman–Crippen MR) is 81.0 cm³/mol. The van der Waals surface area contributed by atoms with E-state index in [4.69, 9.17) is 4.74 Å². The van der Waals surface area contributed by atoms with Gasteiger partial charge in [0, 0.05) is 12.1 Å². The number of rotatable bonds is 5. The Morgan fingerprint density at radius 1 is 1.32 bits per heavy atom. The Labute approximate surface area is 128 Å². The van der Waals surface area contributed by atoms with Gasteiger partial charge < -0.3 is 10.1 Å². The number of benzene rings is 1. The van der Waals surface area contributed by atoms with Gasteiger partial charge in [0.15, 0.2) is 0 Å². The summed E-state index contributed by atoms with van der Waals surface area (Å²) in [5, 5.41) is 13.2. The molecule has 0 atom stereocenters. The maximum Gasteiger partial charge on any atom is 0.325 e. The second-order valence-corrected chi connectivity index (χ2v) is 5.45. The van der Waals surface area contributed by atoms with Crippen LogP contribution >= 0.6 is 0 Å². The molecular formula is C15H18N2O5.